The van der Waals surface area contributed by atoms with Gasteiger partial charge in [-0.15, -0.1) is 0 Å². The van der Waals surface area contributed by atoms with E-state index in [1.807, 2.05) is 0 Å². The molecule has 22 heavy (non-hydrogen) atoms. The van der Waals surface area contributed by atoms with Crippen molar-refractivity contribution in [2.75, 3.05) is 4.72 Å². The first-order valence-electron chi connectivity index (χ1n) is 6.39. The Bertz CT molecular complexity index is 879. The van der Waals surface area contributed by atoms with Gasteiger partial charge in [0, 0.05) is 24.0 Å². The van der Waals surface area contributed by atoms with Crippen LogP contribution in [0.5, 0.6) is 0 Å². The molecule has 2 N–H and O–H groups in total. The summed E-state index contributed by atoms with van der Waals surface area (Å²) >= 11 is 0. The number of nitrogens with one attached hydrogen (secondary N) is 2. The summed E-state index contributed by atoms with van der Waals surface area (Å²) in [6.45, 7) is 3.11. The molecule has 0 radical (unpaired) electrons. The van der Waals surface area contributed by atoms with Gasteiger partial charge in [0.05, 0.1) is 5.69 Å². The van der Waals surface area contributed by atoms with Crippen molar-refractivity contribution in [2.45, 2.75) is 18.7 Å². The molecule has 0 aromatic carbocycles. The normalized spacial score (nSPS) is 11.5. The van der Waals surface area contributed by atoms with Gasteiger partial charge >= 0.3 is 0 Å². The van der Waals surface area contributed by atoms with Crippen LogP contribution in [0.15, 0.2) is 40.0 Å². The lowest BCUT2D eigenvalue weighted by Crippen LogP contribution is -2.14. The lowest BCUT2D eigenvalue weighted by atomic mass is 10.2. The van der Waals surface area contributed by atoms with E-state index in [9.17, 15) is 8.42 Å². The second kappa shape index (κ2) is 5.26. The van der Waals surface area contributed by atoms with Crippen LogP contribution in [0.25, 0.3) is 11.3 Å². The van der Waals surface area contributed by atoms with Crippen LogP contribution in [-0.4, -0.2) is 28.8 Å². The zero-order valence-corrected chi connectivity index (χ0v) is 12.7. The Balaban J connectivity index is 1.90. The molecule has 0 unspecified atom stereocenters. The van der Waals surface area contributed by atoms with E-state index >= 15 is 0 Å². The minimum Gasteiger partial charge on any atom is -0.360 e. The lowest BCUT2D eigenvalue weighted by Gasteiger charge is -2.03. The number of anilines is 1. The van der Waals surface area contributed by atoms with E-state index in [0.717, 1.165) is 5.56 Å². The summed E-state index contributed by atoms with van der Waals surface area (Å²) in [4.78, 5) is 3.96. The number of H-pyrrole nitrogens is 1. The Morgan fingerprint density at radius 1 is 1.23 bits per heavy atom. The highest BCUT2D eigenvalue weighted by Gasteiger charge is 2.25. The van der Waals surface area contributed by atoms with E-state index in [1.165, 1.54) is 0 Å². The minimum atomic E-state index is -3.80. The molecule has 0 bridgehead atoms. The van der Waals surface area contributed by atoms with E-state index in [0.29, 0.717) is 11.4 Å². The lowest BCUT2D eigenvalue weighted by molar-refractivity contribution is 0.390. The van der Waals surface area contributed by atoms with Crippen LogP contribution in [-0.2, 0) is 10.0 Å². The number of nitrogens with zero attached hydrogens (tertiary/aromatic N) is 3. The molecule has 8 nitrogen and oxygen atoms in total. The van der Waals surface area contributed by atoms with Crippen molar-refractivity contribution in [1.29, 1.82) is 0 Å². The van der Waals surface area contributed by atoms with Crippen LogP contribution in [0.4, 0.5) is 5.82 Å². The van der Waals surface area contributed by atoms with Crippen molar-refractivity contribution in [2.24, 2.45) is 0 Å². The van der Waals surface area contributed by atoms with Gasteiger partial charge < -0.3 is 4.52 Å². The predicted octanol–water partition coefficient (Wildman–Crippen LogP) is 1.88. The van der Waals surface area contributed by atoms with Crippen LogP contribution in [0.1, 0.15) is 11.5 Å². The van der Waals surface area contributed by atoms with Gasteiger partial charge in [-0.1, -0.05) is 5.16 Å². The van der Waals surface area contributed by atoms with Gasteiger partial charge in [0.1, 0.15) is 5.69 Å². The van der Waals surface area contributed by atoms with Crippen LogP contribution >= 0.6 is 0 Å². The van der Waals surface area contributed by atoms with E-state index in [2.05, 4.69) is 25.1 Å². The molecule has 0 amide bonds. The first kappa shape index (κ1) is 14.3. The highest BCUT2D eigenvalue weighted by Crippen LogP contribution is 2.24. The Kier molecular flexibility index (Phi) is 3.41. The topological polar surface area (TPSA) is 114 Å². The van der Waals surface area contributed by atoms with Gasteiger partial charge in [-0.05, 0) is 26.0 Å². The largest absolute Gasteiger partial charge is 0.360 e. The van der Waals surface area contributed by atoms with Crippen molar-refractivity contribution >= 4 is 15.8 Å². The molecule has 3 aromatic rings. The number of sulfonamides is 1. The zero-order valence-electron chi connectivity index (χ0n) is 11.9. The van der Waals surface area contributed by atoms with Crippen molar-refractivity contribution in [3.8, 4) is 11.3 Å². The van der Waals surface area contributed by atoms with Gasteiger partial charge in [0.2, 0.25) is 0 Å². The minimum absolute atomic E-state index is 0.0287. The number of hydrogen-bond acceptors (Lipinski definition) is 6. The summed E-state index contributed by atoms with van der Waals surface area (Å²) in [6.07, 6.45) is 3.29. The molecule has 0 spiro atoms. The summed E-state index contributed by atoms with van der Waals surface area (Å²) in [5.41, 5.74) is 1.83. The fourth-order valence-corrected chi connectivity index (χ4v) is 3.42. The number of aryl methyl sites for hydroxylation is 2. The molecule has 3 aromatic heterocycles. The highest BCUT2D eigenvalue weighted by atomic mass is 32.2. The fraction of sp³-hybridized carbons (Fsp3) is 0.154. The fourth-order valence-electron chi connectivity index (χ4n) is 2.10. The van der Waals surface area contributed by atoms with Crippen LogP contribution in [0.2, 0.25) is 0 Å². The molecular weight excluding hydrogens is 306 g/mol. The van der Waals surface area contributed by atoms with Gasteiger partial charge in [0.25, 0.3) is 10.0 Å². The first-order chi connectivity index (χ1) is 10.5. The molecule has 0 fully saturated rings. The quantitative estimate of drug-likeness (QED) is 0.759. The van der Waals surface area contributed by atoms with E-state index in [-0.39, 0.29) is 16.5 Å². The zero-order chi connectivity index (χ0) is 15.7. The van der Waals surface area contributed by atoms with Gasteiger partial charge in [-0.3, -0.25) is 14.8 Å². The maximum atomic E-state index is 12.4. The molecule has 0 aliphatic heterocycles. The number of aromatic amines is 1. The number of pyridine rings is 1. The molecule has 3 rings (SSSR count). The van der Waals surface area contributed by atoms with E-state index < -0.39 is 10.0 Å². The predicted molar refractivity (Wildman–Crippen MR) is 78.6 cm³/mol. The average Bonchev–Trinajstić information content (AvgIpc) is 3.06. The molecule has 3 heterocycles. The second-order valence-corrected chi connectivity index (χ2v) is 6.28. The van der Waals surface area contributed by atoms with Gasteiger partial charge in [-0.2, -0.15) is 5.10 Å². The third kappa shape index (κ3) is 2.58. The van der Waals surface area contributed by atoms with Crippen LogP contribution in [0, 0.1) is 13.8 Å². The summed E-state index contributed by atoms with van der Waals surface area (Å²) < 4.78 is 32.0. The Hall–Kier alpha value is -2.68. The van der Waals surface area contributed by atoms with E-state index in [1.54, 1.807) is 44.4 Å². The third-order valence-electron chi connectivity index (χ3n) is 3.04. The summed E-state index contributed by atoms with van der Waals surface area (Å²) in [6, 6.07) is 5.19. The van der Waals surface area contributed by atoms with Crippen molar-refractivity contribution in [1.82, 2.24) is 20.3 Å². The van der Waals surface area contributed by atoms with Gasteiger partial charge in [0.15, 0.2) is 16.5 Å². The maximum Gasteiger partial charge on any atom is 0.268 e. The SMILES string of the molecule is Cc1noc(C)c1S(=O)(=O)Nc1cc(-c2ccncc2)[nH]n1. The summed E-state index contributed by atoms with van der Waals surface area (Å²) in [5.74, 6) is 0.418. The third-order valence-corrected chi connectivity index (χ3v) is 4.64. The monoisotopic (exact) mass is 319 g/mol. The number of hydrogen-bond donors (Lipinski definition) is 2. The summed E-state index contributed by atoms with van der Waals surface area (Å²) in [5, 5.41) is 10.4. The van der Waals surface area contributed by atoms with Crippen molar-refractivity contribution in [3.05, 3.63) is 42.0 Å². The van der Waals surface area contributed by atoms with Gasteiger partial charge in [-0.25, -0.2) is 8.42 Å². The first-order valence-corrected chi connectivity index (χ1v) is 7.87. The molecule has 0 aliphatic rings. The molecule has 9 heteroatoms. The van der Waals surface area contributed by atoms with Crippen molar-refractivity contribution in [3.63, 3.8) is 0 Å². The molecule has 0 aliphatic carbocycles. The Labute approximate surface area is 126 Å². The molecular formula is C13H13N5O3S. The molecule has 0 saturated carbocycles. The smallest absolute Gasteiger partial charge is 0.268 e. The Morgan fingerprint density at radius 2 is 1.95 bits per heavy atom. The number of rotatable bonds is 4. The standard InChI is InChI=1S/C13H13N5O3S/c1-8-13(9(2)21-17-8)22(19,20)18-12-7-11(15-16-12)10-3-5-14-6-4-10/h3-7H,1-2H3,(H2,15,16,18). The van der Waals surface area contributed by atoms with Crippen LogP contribution < -0.4 is 4.72 Å². The maximum absolute atomic E-state index is 12.4. The average molecular weight is 319 g/mol. The van der Waals surface area contributed by atoms with Crippen molar-refractivity contribution < 1.29 is 12.9 Å². The molecule has 0 saturated heterocycles. The number of aromatic nitrogens is 4. The summed E-state index contributed by atoms with van der Waals surface area (Å²) in [7, 11) is -3.80. The second-order valence-electron chi connectivity index (χ2n) is 4.66. The highest BCUT2D eigenvalue weighted by molar-refractivity contribution is 7.92. The molecule has 0 atom stereocenters. The Morgan fingerprint density at radius 3 is 2.59 bits per heavy atom. The molecule has 114 valence electrons. The van der Waals surface area contributed by atoms with E-state index in [4.69, 9.17) is 4.52 Å². The van der Waals surface area contributed by atoms with Crippen LogP contribution in [0.3, 0.4) is 0 Å².